The van der Waals surface area contributed by atoms with Crippen molar-refractivity contribution < 1.29 is 5.11 Å². The zero-order chi connectivity index (χ0) is 13.4. The molecule has 0 bridgehead atoms. The van der Waals surface area contributed by atoms with Crippen LogP contribution in [-0.4, -0.2) is 19.9 Å². The first kappa shape index (κ1) is 12.1. The van der Waals surface area contributed by atoms with Crippen LogP contribution >= 0.6 is 11.6 Å². The maximum absolute atomic E-state index is 9.24. The number of benzene rings is 1. The van der Waals surface area contributed by atoms with Crippen molar-refractivity contribution in [2.75, 3.05) is 0 Å². The van der Waals surface area contributed by atoms with E-state index in [1.54, 1.807) is 10.9 Å². The molecule has 0 aliphatic heterocycles. The van der Waals surface area contributed by atoms with Crippen molar-refractivity contribution in [3.63, 3.8) is 0 Å². The third-order valence-corrected chi connectivity index (χ3v) is 3.48. The van der Waals surface area contributed by atoms with E-state index in [2.05, 4.69) is 10.1 Å². The summed E-state index contributed by atoms with van der Waals surface area (Å²) in [5.41, 5.74) is 3.04. The molecule has 0 fully saturated rings. The van der Waals surface area contributed by atoms with Gasteiger partial charge in [0.1, 0.15) is 0 Å². The Hall–Kier alpha value is -1.91. The second kappa shape index (κ2) is 4.64. The van der Waals surface area contributed by atoms with E-state index in [1.165, 1.54) is 0 Å². The first-order valence-corrected chi connectivity index (χ1v) is 6.29. The number of pyridine rings is 1. The van der Waals surface area contributed by atoms with Crippen LogP contribution in [0.25, 0.3) is 16.7 Å². The standard InChI is InChI=1S/C14H12ClN3O/c1-9-12-13(15)10(8-19)7-16-14(12)18(17-9)11-5-3-2-4-6-11/h2-7,19H,8H2,1H3. The zero-order valence-corrected chi connectivity index (χ0v) is 11.1. The Bertz CT molecular complexity index is 737. The van der Waals surface area contributed by atoms with Crippen molar-refractivity contribution in [3.05, 3.63) is 52.8 Å². The molecule has 0 amide bonds. The number of para-hydroxylation sites is 1. The van der Waals surface area contributed by atoms with Gasteiger partial charge in [-0.3, -0.25) is 0 Å². The average Bonchev–Trinajstić information content (AvgIpc) is 2.78. The number of aromatic nitrogens is 3. The minimum atomic E-state index is -0.127. The first-order chi connectivity index (χ1) is 9.22. The van der Waals surface area contributed by atoms with E-state index >= 15 is 0 Å². The van der Waals surface area contributed by atoms with Gasteiger partial charge in [0.15, 0.2) is 5.65 Å². The smallest absolute Gasteiger partial charge is 0.164 e. The summed E-state index contributed by atoms with van der Waals surface area (Å²) >= 11 is 6.29. The summed E-state index contributed by atoms with van der Waals surface area (Å²) in [6, 6.07) is 9.76. The van der Waals surface area contributed by atoms with Crippen molar-refractivity contribution in [2.24, 2.45) is 0 Å². The normalized spacial score (nSPS) is 11.1. The Morgan fingerprint density at radius 2 is 2.00 bits per heavy atom. The fourth-order valence-corrected chi connectivity index (χ4v) is 2.44. The molecule has 0 saturated heterocycles. The Labute approximate surface area is 115 Å². The third-order valence-electron chi connectivity index (χ3n) is 3.05. The first-order valence-electron chi connectivity index (χ1n) is 5.91. The van der Waals surface area contributed by atoms with Crippen LogP contribution in [-0.2, 0) is 6.61 Å². The summed E-state index contributed by atoms with van der Waals surface area (Å²) in [5, 5.41) is 15.0. The number of rotatable bonds is 2. The lowest BCUT2D eigenvalue weighted by Crippen LogP contribution is -1.98. The van der Waals surface area contributed by atoms with Crippen molar-refractivity contribution in [3.8, 4) is 5.69 Å². The number of hydrogen-bond donors (Lipinski definition) is 1. The highest BCUT2D eigenvalue weighted by Gasteiger charge is 2.15. The molecule has 2 aromatic heterocycles. The molecule has 0 unspecified atom stereocenters. The van der Waals surface area contributed by atoms with Crippen LogP contribution in [0, 0.1) is 6.92 Å². The Morgan fingerprint density at radius 1 is 1.26 bits per heavy atom. The molecular formula is C14H12ClN3O. The molecule has 19 heavy (non-hydrogen) atoms. The van der Waals surface area contributed by atoms with Crippen molar-refractivity contribution in [2.45, 2.75) is 13.5 Å². The minimum absolute atomic E-state index is 0.127. The molecule has 1 N–H and O–H groups in total. The van der Waals surface area contributed by atoms with Crippen LogP contribution in [0.1, 0.15) is 11.3 Å². The topological polar surface area (TPSA) is 50.9 Å². The molecule has 0 spiro atoms. The van der Waals surface area contributed by atoms with Gasteiger partial charge in [0.05, 0.1) is 28.4 Å². The maximum atomic E-state index is 9.24. The van der Waals surface area contributed by atoms with E-state index < -0.39 is 0 Å². The van der Waals surface area contributed by atoms with Gasteiger partial charge in [-0.2, -0.15) is 5.10 Å². The second-order valence-corrected chi connectivity index (χ2v) is 4.66. The number of hydrogen-bond acceptors (Lipinski definition) is 3. The molecule has 0 atom stereocenters. The summed E-state index contributed by atoms with van der Waals surface area (Å²) < 4.78 is 1.76. The van der Waals surface area contributed by atoms with Crippen LogP contribution < -0.4 is 0 Å². The van der Waals surface area contributed by atoms with Gasteiger partial charge in [-0.25, -0.2) is 9.67 Å². The molecule has 96 valence electrons. The van der Waals surface area contributed by atoms with Gasteiger partial charge in [-0.05, 0) is 19.1 Å². The van der Waals surface area contributed by atoms with Gasteiger partial charge in [0, 0.05) is 11.8 Å². The van der Waals surface area contributed by atoms with Crippen molar-refractivity contribution >= 4 is 22.6 Å². The summed E-state index contributed by atoms with van der Waals surface area (Å²) in [4.78, 5) is 4.37. The number of halogens is 1. The number of aliphatic hydroxyl groups excluding tert-OH is 1. The molecule has 0 aliphatic carbocycles. The van der Waals surface area contributed by atoms with Gasteiger partial charge >= 0.3 is 0 Å². The van der Waals surface area contributed by atoms with Crippen LogP contribution in [0.5, 0.6) is 0 Å². The van der Waals surface area contributed by atoms with Gasteiger partial charge in [0.25, 0.3) is 0 Å². The quantitative estimate of drug-likeness (QED) is 0.781. The van der Waals surface area contributed by atoms with Crippen LogP contribution in [0.3, 0.4) is 0 Å². The van der Waals surface area contributed by atoms with Crippen molar-refractivity contribution in [1.82, 2.24) is 14.8 Å². The molecule has 5 heteroatoms. The zero-order valence-electron chi connectivity index (χ0n) is 10.3. The summed E-state index contributed by atoms with van der Waals surface area (Å²) in [5.74, 6) is 0. The number of fused-ring (bicyclic) bond motifs is 1. The fraction of sp³-hybridized carbons (Fsp3) is 0.143. The highest BCUT2D eigenvalue weighted by Crippen LogP contribution is 2.29. The highest BCUT2D eigenvalue weighted by molar-refractivity contribution is 6.36. The summed E-state index contributed by atoms with van der Waals surface area (Å²) in [7, 11) is 0. The van der Waals surface area contributed by atoms with E-state index in [9.17, 15) is 5.11 Å². The SMILES string of the molecule is Cc1nn(-c2ccccc2)c2ncc(CO)c(Cl)c12. The molecule has 0 saturated carbocycles. The lowest BCUT2D eigenvalue weighted by atomic mass is 10.2. The fourth-order valence-electron chi connectivity index (χ4n) is 2.11. The van der Waals surface area contributed by atoms with E-state index in [4.69, 9.17) is 11.6 Å². The van der Waals surface area contributed by atoms with Gasteiger partial charge in [-0.15, -0.1) is 0 Å². The largest absolute Gasteiger partial charge is 0.392 e. The summed E-state index contributed by atoms with van der Waals surface area (Å²) in [6.07, 6.45) is 1.59. The highest BCUT2D eigenvalue weighted by atomic mass is 35.5. The molecule has 4 nitrogen and oxygen atoms in total. The Morgan fingerprint density at radius 3 is 2.68 bits per heavy atom. The van der Waals surface area contributed by atoms with E-state index in [0.717, 1.165) is 16.8 Å². The van der Waals surface area contributed by atoms with Crippen molar-refractivity contribution in [1.29, 1.82) is 0 Å². The maximum Gasteiger partial charge on any atom is 0.164 e. The van der Waals surface area contributed by atoms with Crippen LogP contribution in [0.2, 0.25) is 5.02 Å². The minimum Gasteiger partial charge on any atom is -0.392 e. The van der Waals surface area contributed by atoms with Gasteiger partial charge < -0.3 is 5.11 Å². The van der Waals surface area contributed by atoms with E-state index in [0.29, 0.717) is 16.2 Å². The Balaban J connectivity index is 2.32. The molecule has 3 aromatic rings. The molecule has 0 radical (unpaired) electrons. The predicted octanol–water partition coefficient (Wildman–Crippen LogP) is 2.87. The number of nitrogens with zero attached hydrogens (tertiary/aromatic N) is 3. The number of aliphatic hydroxyl groups is 1. The van der Waals surface area contributed by atoms with Crippen LogP contribution in [0.4, 0.5) is 0 Å². The molecule has 3 rings (SSSR count). The van der Waals surface area contributed by atoms with Gasteiger partial charge in [-0.1, -0.05) is 29.8 Å². The molecular weight excluding hydrogens is 262 g/mol. The molecule has 2 heterocycles. The molecule has 0 aliphatic rings. The average molecular weight is 274 g/mol. The van der Waals surface area contributed by atoms with Gasteiger partial charge in [0.2, 0.25) is 0 Å². The third kappa shape index (κ3) is 1.89. The molecule has 1 aromatic carbocycles. The number of aryl methyl sites for hydroxylation is 1. The second-order valence-electron chi connectivity index (χ2n) is 4.29. The van der Waals surface area contributed by atoms with E-state index in [-0.39, 0.29) is 6.61 Å². The van der Waals surface area contributed by atoms with Crippen LogP contribution in [0.15, 0.2) is 36.5 Å². The monoisotopic (exact) mass is 273 g/mol. The Kier molecular flexibility index (Phi) is 2.97. The lowest BCUT2D eigenvalue weighted by molar-refractivity contribution is 0.281. The summed E-state index contributed by atoms with van der Waals surface area (Å²) in [6.45, 7) is 1.76. The van der Waals surface area contributed by atoms with E-state index in [1.807, 2.05) is 37.3 Å². The lowest BCUT2D eigenvalue weighted by Gasteiger charge is -2.04. The predicted molar refractivity (Wildman–Crippen MR) is 74.5 cm³/mol.